The summed E-state index contributed by atoms with van der Waals surface area (Å²) in [5.41, 5.74) is 6.11. The van der Waals surface area contributed by atoms with E-state index in [1.165, 1.54) is 27.3 Å². The largest absolute Gasteiger partial charge is 0.392 e. The number of thiazole rings is 1. The van der Waals surface area contributed by atoms with Gasteiger partial charge < -0.3 is 10.0 Å². The van der Waals surface area contributed by atoms with Crippen LogP contribution in [0.2, 0.25) is 0 Å². The Morgan fingerprint density at radius 1 is 1.04 bits per heavy atom. The van der Waals surface area contributed by atoms with Gasteiger partial charge in [-0.2, -0.15) is 0 Å². The van der Waals surface area contributed by atoms with E-state index in [4.69, 9.17) is 4.98 Å². The van der Waals surface area contributed by atoms with Crippen molar-refractivity contribution in [3.63, 3.8) is 0 Å². The van der Waals surface area contributed by atoms with Crippen LogP contribution in [0, 0.1) is 0 Å². The highest BCUT2D eigenvalue weighted by Gasteiger charge is 2.22. The molecule has 0 fully saturated rings. The Labute approximate surface area is 159 Å². The Bertz CT molecular complexity index is 885. The third-order valence-electron chi connectivity index (χ3n) is 4.92. The average molecular weight is 365 g/mol. The third kappa shape index (κ3) is 3.39. The van der Waals surface area contributed by atoms with Gasteiger partial charge in [-0.3, -0.25) is 0 Å². The summed E-state index contributed by atoms with van der Waals surface area (Å²) in [6.45, 7) is 4.16. The summed E-state index contributed by atoms with van der Waals surface area (Å²) in [7, 11) is 0. The van der Waals surface area contributed by atoms with Crippen LogP contribution >= 0.6 is 11.3 Å². The normalized spacial score (nSPS) is 12.5. The number of aryl methyl sites for hydroxylation is 2. The van der Waals surface area contributed by atoms with Crippen LogP contribution in [0.3, 0.4) is 0 Å². The molecule has 0 saturated heterocycles. The topological polar surface area (TPSA) is 36.4 Å². The summed E-state index contributed by atoms with van der Waals surface area (Å²) in [5, 5.41) is 10.4. The second-order valence-electron chi connectivity index (χ2n) is 6.82. The molecule has 2 aromatic carbocycles. The fourth-order valence-corrected chi connectivity index (χ4v) is 4.65. The van der Waals surface area contributed by atoms with Crippen LogP contribution in [-0.2, 0) is 26.0 Å². The number of fused-ring (bicyclic) bond motifs is 3. The minimum atomic E-state index is 0.0948. The van der Waals surface area contributed by atoms with E-state index in [-0.39, 0.29) is 6.61 Å². The molecular weight excluding hydrogens is 340 g/mol. The molecule has 134 valence electrons. The van der Waals surface area contributed by atoms with Crippen LogP contribution in [0.1, 0.15) is 34.9 Å². The Balaban J connectivity index is 1.62. The van der Waals surface area contributed by atoms with Crippen molar-refractivity contribution in [2.24, 2.45) is 0 Å². The maximum absolute atomic E-state index is 9.23. The minimum Gasteiger partial charge on any atom is -0.392 e. The van der Waals surface area contributed by atoms with Gasteiger partial charge in [-0.05, 0) is 36.0 Å². The van der Waals surface area contributed by atoms with Crippen molar-refractivity contribution in [2.75, 3.05) is 11.4 Å². The molecule has 1 aliphatic carbocycles. The molecule has 0 spiro atoms. The third-order valence-corrected chi connectivity index (χ3v) is 6.10. The number of hydrogen-bond donors (Lipinski definition) is 1. The summed E-state index contributed by atoms with van der Waals surface area (Å²) in [5.74, 6) is 0. The van der Waals surface area contributed by atoms with Crippen LogP contribution in [0.15, 0.2) is 48.5 Å². The van der Waals surface area contributed by atoms with Crippen molar-refractivity contribution in [1.29, 1.82) is 0 Å². The van der Waals surface area contributed by atoms with Gasteiger partial charge in [0.15, 0.2) is 5.13 Å². The number of nitrogens with zero attached hydrogens (tertiary/aromatic N) is 2. The van der Waals surface area contributed by atoms with E-state index < -0.39 is 0 Å². The van der Waals surface area contributed by atoms with Crippen LogP contribution in [0.4, 0.5) is 5.13 Å². The molecule has 3 nitrogen and oxygen atoms in total. The first-order chi connectivity index (χ1) is 12.8. The van der Waals surface area contributed by atoms with Crippen molar-refractivity contribution < 1.29 is 5.11 Å². The molecule has 0 bridgehead atoms. The minimum absolute atomic E-state index is 0.0948. The van der Waals surface area contributed by atoms with E-state index in [1.807, 2.05) is 23.5 Å². The summed E-state index contributed by atoms with van der Waals surface area (Å²) < 4.78 is 0. The highest BCUT2D eigenvalue weighted by atomic mass is 32.1. The number of rotatable bonds is 6. The molecule has 4 heteroatoms. The molecule has 0 unspecified atom stereocenters. The van der Waals surface area contributed by atoms with Gasteiger partial charge in [0, 0.05) is 23.5 Å². The summed E-state index contributed by atoms with van der Waals surface area (Å²) in [4.78, 5) is 8.85. The van der Waals surface area contributed by atoms with Gasteiger partial charge in [0.25, 0.3) is 0 Å². The maximum atomic E-state index is 9.23. The second-order valence-corrected chi connectivity index (χ2v) is 7.88. The number of hydrogen-bond acceptors (Lipinski definition) is 4. The summed E-state index contributed by atoms with van der Waals surface area (Å²) in [6, 6.07) is 16.9. The molecule has 0 saturated carbocycles. The van der Waals surface area contributed by atoms with Crippen LogP contribution in [0.25, 0.3) is 11.3 Å². The van der Waals surface area contributed by atoms with Crippen molar-refractivity contribution in [3.05, 3.63) is 70.1 Å². The van der Waals surface area contributed by atoms with Crippen LogP contribution in [-0.4, -0.2) is 16.6 Å². The van der Waals surface area contributed by atoms with Gasteiger partial charge in [-0.25, -0.2) is 4.98 Å². The molecule has 0 amide bonds. The van der Waals surface area contributed by atoms with E-state index in [2.05, 4.69) is 48.2 Å². The highest BCUT2D eigenvalue weighted by Crippen LogP contribution is 2.39. The average Bonchev–Trinajstić information content (AvgIpc) is 3.13. The molecule has 1 aliphatic rings. The standard InChI is InChI=1S/C22H24N2OS/c1-2-13-24(14-16-7-9-17(15-25)10-8-16)22-23-21-19-6-4-3-5-18(19)11-12-20(21)26-22/h3-10,25H,2,11-15H2,1H3. The lowest BCUT2D eigenvalue weighted by Gasteiger charge is -2.21. The highest BCUT2D eigenvalue weighted by molar-refractivity contribution is 7.16. The maximum Gasteiger partial charge on any atom is 0.186 e. The van der Waals surface area contributed by atoms with Gasteiger partial charge in [-0.15, -0.1) is 11.3 Å². The van der Waals surface area contributed by atoms with Crippen LogP contribution in [0.5, 0.6) is 0 Å². The van der Waals surface area contributed by atoms with Gasteiger partial charge >= 0.3 is 0 Å². The number of aromatic nitrogens is 1. The molecule has 0 radical (unpaired) electrons. The molecule has 1 heterocycles. The van der Waals surface area contributed by atoms with E-state index in [9.17, 15) is 5.11 Å². The monoisotopic (exact) mass is 364 g/mol. The van der Waals surface area contributed by atoms with E-state index >= 15 is 0 Å². The Morgan fingerprint density at radius 3 is 2.58 bits per heavy atom. The molecule has 1 N–H and O–H groups in total. The fourth-order valence-electron chi connectivity index (χ4n) is 3.55. The van der Waals surface area contributed by atoms with Gasteiger partial charge in [0.05, 0.1) is 12.3 Å². The smallest absolute Gasteiger partial charge is 0.186 e. The quantitative estimate of drug-likeness (QED) is 0.681. The first-order valence-corrected chi connectivity index (χ1v) is 10.1. The van der Waals surface area contributed by atoms with Gasteiger partial charge in [-0.1, -0.05) is 55.5 Å². The molecule has 1 aromatic heterocycles. The van der Waals surface area contributed by atoms with E-state index in [0.29, 0.717) is 0 Å². The SMILES string of the molecule is CCCN(Cc1ccc(CO)cc1)c1nc2c(s1)CCc1ccccc1-2. The van der Waals surface area contributed by atoms with Crippen molar-refractivity contribution in [2.45, 2.75) is 39.3 Å². The van der Waals surface area contributed by atoms with Crippen LogP contribution < -0.4 is 4.90 Å². The Morgan fingerprint density at radius 2 is 1.81 bits per heavy atom. The lowest BCUT2D eigenvalue weighted by atomic mass is 9.94. The lowest BCUT2D eigenvalue weighted by molar-refractivity contribution is 0.282. The number of aliphatic hydroxyl groups excluding tert-OH is 1. The molecule has 26 heavy (non-hydrogen) atoms. The summed E-state index contributed by atoms with van der Waals surface area (Å²) in [6.07, 6.45) is 3.30. The van der Waals surface area contributed by atoms with Gasteiger partial charge in [0.1, 0.15) is 0 Å². The zero-order chi connectivity index (χ0) is 17.9. The second kappa shape index (κ2) is 7.60. The lowest BCUT2D eigenvalue weighted by Crippen LogP contribution is -2.23. The molecular formula is C22H24N2OS. The summed E-state index contributed by atoms with van der Waals surface area (Å²) >= 11 is 1.85. The number of anilines is 1. The Kier molecular flexibility index (Phi) is 5.05. The predicted molar refractivity (Wildman–Crippen MR) is 109 cm³/mol. The fraction of sp³-hybridized carbons (Fsp3) is 0.318. The number of benzene rings is 2. The zero-order valence-electron chi connectivity index (χ0n) is 15.1. The molecule has 4 rings (SSSR count). The van der Waals surface area contributed by atoms with Crippen molar-refractivity contribution in [1.82, 2.24) is 4.98 Å². The van der Waals surface area contributed by atoms with E-state index in [1.54, 1.807) is 0 Å². The van der Waals surface area contributed by atoms with Gasteiger partial charge in [0.2, 0.25) is 0 Å². The first-order valence-electron chi connectivity index (χ1n) is 9.30. The molecule has 0 atom stereocenters. The number of aliphatic hydroxyl groups is 1. The van der Waals surface area contributed by atoms with Crippen molar-refractivity contribution >= 4 is 16.5 Å². The first kappa shape index (κ1) is 17.3. The molecule has 0 aliphatic heterocycles. The molecule has 3 aromatic rings. The van der Waals surface area contributed by atoms with E-state index in [0.717, 1.165) is 43.0 Å². The van der Waals surface area contributed by atoms with Crippen molar-refractivity contribution in [3.8, 4) is 11.3 Å². The Hall–Kier alpha value is -2.17. The zero-order valence-corrected chi connectivity index (χ0v) is 15.9. The predicted octanol–water partition coefficient (Wildman–Crippen LogP) is 4.82.